The highest BCUT2D eigenvalue weighted by Gasteiger charge is 2.19. The zero-order valence-electron chi connectivity index (χ0n) is 11.9. The predicted molar refractivity (Wildman–Crippen MR) is 73.1 cm³/mol. The molecule has 1 aromatic rings. The molecule has 1 rings (SSSR count). The Kier molecular flexibility index (Phi) is 5.61. The van der Waals surface area contributed by atoms with Crippen LogP contribution in [0.15, 0.2) is 29.3 Å². The van der Waals surface area contributed by atoms with Crippen molar-refractivity contribution in [1.82, 2.24) is 4.90 Å². The topological polar surface area (TPSA) is 41.9 Å². The summed E-state index contributed by atoms with van der Waals surface area (Å²) in [5.41, 5.74) is 0. The number of halogens is 2. The molecule has 0 N–H and O–H groups in total. The second-order valence-corrected chi connectivity index (χ2v) is 4.80. The maximum Gasteiger partial charge on any atom is 0.443 e. The Bertz CT molecular complexity index is 476. The van der Waals surface area contributed by atoms with Crippen LogP contribution in [0.4, 0.5) is 13.6 Å². The number of amidine groups is 1. The van der Waals surface area contributed by atoms with E-state index in [1.54, 1.807) is 27.7 Å². The van der Waals surface area contributed by atoms with Crippen LogP contribution in [0.25, 0.3) is 0 Å². The molecular formula is C14H18F2N2O2. The first kappa shape index (κ1) is 16.1. The zero-order valence-corrected chi connectivity index (χ0v) is 11.9. The van der Waals surface area contributed by atoms with Crippen molar-refractivity contribution in [1.29, 1.82) is 0 Å². The Hall–Kier alpha value is -1.98. The summed E-state index contributed by atoms with van der Waals surface area (Å²) in [5.74, 6) is -0.348. The van der Waals surface area contributed by atoms with Gasteiger partial charge in [0.1, 0.15) is 11.6 Å². The third kappa shape index (κ3) is 4.60. The molecule has 0 aliphatic rings. The molecule has 0 atom stereocenters. The van der Waals surface area contributed by atoms with Gasteiger partial charge in [0.25, 0.3) is 6.09 Å². The van der Waals surface area contributed by atoms with Crippen molar-refractivity contribution in [3.05, 3.63) is 30.1 Å². The Morgan fingerprint density at radius 1 is 1.15 bits per heavy atom. The number of hydrogen-bond donors (Lipinski definition) is 0. The number of nitrogens with zero attached hydrogens (tertiary/aromatic N) is 2. The molecule has 0 aliphatic carbocycles. The highest BCUT2D eigenvalue weighted by molar-refractivity contribution is 5.87. The Labute approximate surface area is 117 Å². The third-order valence-electron chi connectivity index (χ3n) is 2.53. The van der Waals surface area contributed by atoms with E-state index in [0.717, 1.165) is 12.1 Å². The van der Waals surface area contributed by atoms with Crippen LogP contribution in [0.2, 0.25) is 0 Å². The lowest BCUT2D eigenvalue weighted by molar-refractivity contribution is 0.208. The number of hydrogen-bond acceptors (Lipinski definition) is 2. The first-order chi connectivity index (χ1) is 9.31. The Balaban J connectivity index is 2.76. The number of benzene rings is 1. The largest absolute Gasteiger partial charge is 0.443 e. The predicted octanol–water partition coefficient (Wildman–Crippen LogP) is 3.77. The summed E-state index contributed by atoms with van der Waals surface area (Å²) in [6.45, 7) is 7.17. The normalized spacial score (nSPS) is 11.9. The highest BCUT2D eigenvalue weighted by Crippen LogP contribution is 2.13. The first-order valence-corrected chi connectivity index (χ1v) is 6.31. The third-order valence-corrected chi connectivity index (χ3v) is 2.53. The van der Waals surface area contributed by atoms with Crippen LogP contribution >= 0.6 is 0 Å². The van der Waals surface area contributed by atoms with Gasteiger partial charge in [-0.1, -0.05) is 0 Å². The first-order valence-electron chi connectivity index (χ1n) is 6.31. The van der Waals surface area contributed by atoms with E-state index in [1.807, 2.05) is 0 Å². The van der Waals surface area contributed by atoms with Gasteiger partial charge in [-0.3, -0.25) is 0 Å². The van der Waals surface area contributed by atoms with E-state index in [0.29, 0.717) is 0 Å². The fraction of sp³-hybridized carbons (Fsp3) is 0.429. The monoisotopic (exact) mass is 284 g/mol. The van der Waals surface area contributed by atoms with E-state index < -0.39 is 18.0 Å². The van der Waals surface area contributed by atoms with Crippen LogP contribution in [0.1, 0.15) is 27.7 Å². The summed E-state index contributed by atoms with van der Waals surface area (Å²) in [6.07, 6.45) is -1.98. The van der Waals surface area contributed by atoms with Crippen LogP contribution in [0.5, 0.6) is 5.75 Å². The number of carbonyl (C=O) groups is 1. The van der Waals surface area contributed by atoms with Gasteiger partial charge in [0.15, 0.2) is 0 Å². The minimum absolute atomic E-state index is 0.105. The van der Waals surface area contributed by atoms with Crippen molar-refractivity contribution < 1.29 is 18.3 Å². The maximum atomic E-state index is 13.9. The van der Waals surface area contributed by atoms with E-state index >= 15 is 0 Å². The summed E-state index contributed by atoms with van der Waals surface area (Å²) >= 11 is 0. The molecule has 0 bridgehead atoms. The van der Waals surface area contributed by atoms with Crippen molar-refractivity contribution in [2.24, 2.45) is 4.99 Å². The number of rotatable bonds is 3. The highest BCUT2D eigenvalue weighted by atomic mass is 19.1. The quantitative estimate of drug-likeness (QED) is 0.482. The van der Waals surface area contributed by atoms with Gasteiger partial charge >= 0.3 is 6.09 Å². The molecule has 0 fully saturated rings. The summed E-state index contributed by atoms with van der Waals surface area (Å²) in [6, 6.07) is 4.52. The molecule has 6 heteroatoms. The SMILES string of the molecule is CC(C)N(C(F)=NC(=O)Oc1ccc(F)cc1)C(C)C. The second-order valence-electron chi connectivity index (χ2n) is 4.80. The smallest absolute Gasteiger partial charge is 0.409 e. The van der Waals surface area contributed by atoms with E-state index in [-0.39, 0.29) is 17.8 Å². The number of amides is 1. The molecule has 0 radical (unpaired) electrons. The van der Waals surface area contributed by atoms with Gasteiger partial charge in [-0.05, 0) is 52.0 Å². The number of aliphatic imine (C=N–C) groups is 1. The van der Waals surface area contributed by atoms with Crippen molar-refractivity contribution in [2.45, 2.75) is 39.8 Å². The molecule has 110 valence electrons. The molecule has 0 saturated carbocycles. The summed E-state index contributed by atoms with van der Waals surface area (Å²) in [5, 5.41) is 0. The van der Waals surface area contributed by atoms with Crippen molar-refractivity contribution in [3.63, 3.8) is 0 Å². The lowest BCUT2D eigenvalue weighted by Gasteiger charge is -2.29. The Morgan fingerprint density at radius 2 is 1.65 bits per heavy atom. The van der Waals surface area contributed by atoms with Crippen LogP contribution in [-0.2, 0) is 0 Å². The van der Waals surface area contributed by atoms with Gasteiger partial charge in [0.2, 0.25) is 0 Å². The molecule has 0 aliphatic heterocycles. The van der Waals surface area contributed by atoms with E-state index in [2.05, 4.69) is 4.99 Å². The average molecular weight is 284 g/mol. The number of ether oxygens (including phenoxy) is 1. The molecule has 0 aromatic heterocycles. The molecule has 20 heavy (non-hydrogen) atoms. The van der Waals surface area contributed by atoms with E-state index in [9.17, 15) is 13.6 Å². The van der Waals surface area contributed by atoms with Crippen molar-refractivity contribution in [2.75, 3.05) is 0 Å². The molecule has 1 amide bonds. The molecule has 0 saturated heterocycles. The van der Waals surface area contributed by atoms with E-state index in [4.69, 9.17) is 4.74 Å². The zero-order chi connectivity index (χ0) is 15.3. The van der Waals surface area contributed by atoms with Crippen LogP contribution in [0.3, 0.4) is 0 Å². The Morgan fingerprint density at radius 3 is 2.10 bits per heavy atom. The second kappa shape index (κ2) is 6.98. The van der Waals surface area contributed by atoms with Crippen molar-refractivity contribution in [3.8, 4) is 5.75 Å². The molecule has 0 heterocycles. The fourth-order valence-corrected chi connectivity index (χ4v) is 1.78. The molecule has 0 spiro atoms. The number of carbonyl (C=O) groups excluding carboxylic acids is 1. The standard InChI is InChI=1S/C14H18F2N2O2/c1-9(2)18(10(3)4)13(16)17-14(19)20-12-7-5-11(15)6-8-12/h5-10H,1-4H3. The fourth-order valence-electron chi connectivity index (χ4n) is 1.78. The average Bonchev–Trinajstić information content (AvgIpc) is 2.30. The maximum absolute atomic E-state index is 13.9. The van der Waals surface area contributed by atoms with Crippen LogP contribution < -0.4 is 4.74 Å². The van der Waals surface area contributed by atoms with Gasteiger partial charge in [-0.25, -0.2) is 9.18 Å². The molecule has 4 nitrogen and oxygen atoms in total. The van der Waals surface area contributed by atoms with Crippen molar-refractivity contribution >= 4 is 12.2 Å². The molecule has 0 unspecified atom stereocenters. The summed E-state index contributed by atoms with van der Waals surface area (Å²) in [4.78, 5) is 16.1. The summed E-state index contributed by atoms with van der Waals surface area (Å²) < 4.78 is 31.4. The lowest BCUT2D eigenvalue weighted by atomic mass is 10.2. The van der Waals surface area contributed by atoms with Gasteiger partial charge < -0.3 is 9.64 Å². The van der Waals surface area contributed by atoms with E-state index in [1.165, 1.54) is 17.0 Å². The summed E-state index contributed by atoms with van der Waals surface area (Å²) in [7, 11) is 0. The van der Waals surface area contributed by atoms with Gasteiger partial charge in [0.05, 0.1) is 0 Å². The van der Waals surface area contributed by atoms with Crippen LogP contribution in [0, 0.1) is 5.82 Å². The van der Waals surface area contributed by atoms with Gasteiger partial charge in [-0.2, -0.15) is 4.39 Å². The molecular weight excluding hydrogens is 266 g/mol. The van der Waals surface area contributed by atoms with Gasteiger partial charge in [0, 0.05) is 12.1 Å². The minimum atomic E-state index is -1.08. The van der Waals surface area contributed by atoms with Crippen LogP contribution in [-0.4, -0.2) is 29.2 Å². The lowest BCUT2D eigenvalue weighted by Crippen LogP contribution is -2.40. The minimum Gasteiger partial charge on any atom is -0.409 e. The van der Waals surface area contributed by atoms with Gasteiger partial charge in [-0.15, -0.1) is 4.99 Å². The molecule has 1 aromatic carbocycles.